The SMILES string of the molecule is COc1ccc(-c2oc3cc(C)ccc3c(=O)c2OCC(=O)N2CCOCC2)cc1. The number of fused-ring (bicyclic) bond motifs is 1. The van der Waals surface area contributed by atoms with Crippen molar-refractivity contribution in [1.29, 1.82) is 0 Å². The maximum atomic E-state index is 13.2. The van der Waals surface area contributed by atoms with Crippen LogP contribution in [-0.4, -0.2) is 50.8 Å². The van der Waals surface area contributed by atoms with Crippen LogP contribution in [-0.2, 0) is 9.53 Å². The standard InChI is InChI=1S/C23H23NO6/c1-15-3-8-18-19(13-15)30-22(16-4-6-17(27-2)7-5-16)23(21(18)26)29-14-20(25)24-9-11-28-12-10-24/h3-8,13H,9-12,14H2,1-2H3. The molecule has 1 aromatic heterocycles. The third kappa shape index (κ3) is 4.02. The molecule has 0 saturated carbocycles. The van der Waals surface area contributed by atoms with Gasteiger partial charge in [-0.2, -0.15) is 0 Å². The predicted octanol–water partition coefficient (Wildman–Crippen LogP) is 3.01. The lowest BCUT2D eigenvalue weighted by Gasteiger charge is -2.26. The van der Waals surface area contributed by atoms with E-state index in [1.54, 1.807) is 42.3 Å². The molecule has 1 fully saturated rings. The summed E-state index contributed by atoms with van der Waals surface area (Å²) < 4.78 is 22.3. The topological polar surface area (TPSA) is 78.2 Å². The van der Waals surface area contributed by atoms with Crippen molar-refractivity contribution in [3.05, 3.63) is 58.3 Å². The van der Waals surface area contributed by atoms with Gasteiger partial charge in [0, 0.05) is 18.7 Å². The number of rotatable bonds is 5. The van der Waals surface area contributed by atoms with Crippen LogP contribution in [0.15, 0.2) is 51.7 Å². The van der Waals surface area contributed by atoms with E-state index in [2.05, 4.69) is 0 Å². The molecular formula is C23H23NO6. The normalized spacial score (nSPS) is 14.0. The van der Waals surface area contributed by atoms with E-state index in [0.717, 1.165) is 5.56 Å². The molecule has 4 rings (SSSR count). The number of hydrogen-bond acceptors (Lipinski definition) is 6. The summed E-state index contributed by atoms with van der Waals surface area (Å²) in [6.07, 6.45) is 0. The molecule has 0 spiro atoms. The van der Waals surface area contributed by atoms with Crippen LogP contribution in [0, 0.1) is 6.92 Å². The number of aryl methyl sites for hydroxylation is 1. The van der Waals surface area contributed by atoms with Crippen molar-refractivity contribution in [3.8, 4) is 22.8 Å². The van der Waals surface area contributed by atoms with Gasteiger partial charge in [-0.05, 0) is 48.9 Å². The van der Waals surface area contributed by atoms with Gasteiger partial charge in [0.1, 0.15) is 11.3 Å². The van der Waals surface area contributed by atoms with Crippen molar-refractivity contribution in [2.75, 3.05) is 40.0 Å². The molecule has 0 radical (unpaired) electrons. The number of hydrogen-bond donors (Lipinski definition) is 0. The van der Waals surface area contributed by atoms with E-state index in [1.807, 2.05) is 19.1 Å². The molecule has 1 amide bonds. The quantitative estimate of drug-likeness (QED) is 0.645. The van der Waals surface area contributed by atoms with E-state index in [4.69, 9.17) is 18.6 Å². The largest absolute Gasteiger partial charge is 0.497 e. The first-order valence-electron chi connectivity index (χ1n) is 9.77. The van der Waals surface area contributed by atoms with Crippen LogP contribution in [0.4, 0.5) is 0 Å². The Kier molecular flexibility index (Phi) is 5.72. The Morgan fingerprint density at radius 3 is 2.53 bits per heavy atom. The minimum absolute atomic E-state index is 0.0260. The zero-order chi connectivity index (χ0) is 21.1. The van der Waals surface area contributed by atoms with Gasteiger partial charge >= 0.3 is 0 Å². The molecule has 3 aromatic rings. The summed E-state index contributed by atoms with van der Waals surface area (Å²) in [5.74, 6) is 0.804. The van der Waals surface area contributed by atoms with E-state index < -0.39 is 0 Å². The van der Waals surface area contributed by atoms with Crippen molar-refractivity contribution in [2.24, 2.45) is 0 Å². The fourth-order valence-corrected chi connectivity index (χ4v) is 3.38. The molecule has 0 unspecified atom stereocenters. The van der Waals surface area contributed by atoms with Crippen LogP contribution in [0.1, 0.15) is 5.56 Å². The second-order valence-electron chi connectivity index (χ2n) is 7.10. The first kappa shape index (κ1) is 20.0. The van der Waals surface area contributed by atoms with E-state index in [0.29, 0.717) is 48.6 Å². The molecule has 1 saturated heterocycles. The highest BCUT2D eigenvalue weighted by Crippen LogP contribution is 2.32. The zero-order valence-electron chi connectivity index (χ0n) is 17.0. The molecule has 1 aliphatic heterocycles. The lowest BCUT2D eigenvalue weighted by molar-refractivity contribution is -0.137. The van der Waals surface area contributed by atoms with Gasteiger partial charge in [0.15, 0.2) is 12.4 Å². The van der Waals surface area contributed by atoms with Crippen molar-refractivity contribution < 1.29 is 23.4 Å². The van der Waals surface area contributed by atoms with Crippen molar-refractivity contribution in [3.63, 3.8) is 0 Å². The number of morpholine rings is 1. The highest BCUT2D eigenvalue weighted by molar-refractivity contribution is 5.83. The zero-order valence-corrected chi connectivity index (χ0v) is 17.0. The second kappa shape index (κ2) is 8.59. The molecule has 0 N–H and O–H groups in total. The van der Waals surface area contributed by atoms with Crippen LogP contribution < -0.4 is 14.9 Å². The summed E-state index contributed by atoms with van der Waals surface area (Å²) in [5.41, 5.74) is 1.79. The Hall–Kier alpha value is -3.32. The molecule has 0 atom stereocenters. The molecular weight excluding hydrogens is 386 g/mol. The highest BCUT2D eigenvalue weighted by Gasteiger charge is 2.22. The highest BCUT2D eigenvalue weighted by atomic mass is 16.5. The molecule has 30 heavy (non-hydrogen) atoms. The van der Waals surface area contributed by atoms with Crippen LogP contribution in [0.3, 0.4) is 0 Å². The maximum Gasteiger partial charge on any atom is 0.260 e. The van der Waals surface area contributed by atoms with E-state index in [1.165, 1.54) is 0 Å². The average Bonchev–Trinajstić information content (AvgIpc) is 2.78. The van der Waals surface area contributed by atoms with E-state index in [-0.39, 0.29) is 29.5 Å². The summed E-state index contributed by atoms with van der Waals surface area (Å²) in [6, 6.07) is 12.5. The van der Waals surface area contributed by atoms with Crippen molar-refractivity contribution >= 4 is 16.9 Å². The summed E-state index contributed by atoms with van der Waals surface area (Å²) in [4.78, 5) is 27.4. The summed E-state index contributed by atoms with van der Waals surface area (Å²) >= 11 is 0. The Bertz CT molecular complexity index is 1110. The number of carbonyl (C=O) groups excluding carboxylic acids is 1. The lowest BCUT2D eigenvalue weighted by atomic mass is 10.1. The number of benzene rings is 2. The van der Waals surface area contributed by atoms with Crippen LogP contribution in [0.25, 0.3) is 22.3 Å². The Morgan fingerprint density at radius 2 is 1.83 bits per heavy atom. The van der Waals surface area contributed by atoms with E-state index >= 15 is 0 Å². The molecule has 2 heterocycles. The molecule has 7 heteroatoms. The van der Waals surface area contributed by atoms with Gasteiger partial charge < -0.3 is 23.5 Å². The average molecular weight is 409 g/mol. The van der Waals surface area contributed by atoms with Gasteiger partial charge in [0.2, 0.25) is 11.2 Å². The second-order valence-corrected chi connectivity index (χ2v) is 7.10. The van der Waals surface area contributed by atoms with Gasteiger partial charge in [0.25, 0.3) is 5.91 Å². The first-order chi connectivity index (χ1) is 14.6. The number of amides is 1. The van der Waals surface area contributed by atoms with Gasteiger partial charge in [-0.25, -0.2) is 0 Å². The van der Waals surface area contributed by atoms with Gasteiger partial charge in [0.05, 0.1) is 25.7 Å². The number of nitrogens with zero attached hydrogens (tertiary/aromatic N) is 1. The van der Waals surface area contributed by atoms with Crippen LogP contribution >= 0.6 is 0 Å². The van der Waals surface area contributed by atoms with Crippen LogP contribution in [0.2, 0.25) is 0 Å². The third-order valence-electron chi connectivity index (χ3n) is 5.06. The molecule has 7 nitrogen and oxygen atoms in total. The summed E-state index contributed by atoms with van der Waals surface area (Å²) in [7, 11) is 1.58. The molecule has 156 valence electrons. The predicted molar refractivity (Wildman–Crippen MR) is 112 cm³/mol. The fourth-order valence-electron chi connectivity index (χ4n) is 3.38. The van der Waals surface area contributed by atoms with Gasteiger partial charge in [-0.15, -0.1) is 0 Å². The first-order valence-corrected chi connectivity index (χ1v) is 9.77. The molecule has 2 aromatic carbocycles. The number of carbonyl (C=O) groups is 1. The monoisotopic (exact) mass is 409 g/mol. The number of methoxy groups -OCH3 is 1. The molecule has 0 aliphatic carbocycles. The van der Waals surface area contributed by atoms with E-state index in [9.17, 15) is 9.59 Å². The minimum Gasteiger partial charge on any atom is -0.497 e. The Labute approximate surface area is 173 Å². The smallest absolute Gasteiger partial charge is 0.260 e. The van der Waals surface area contributed by atoms with Crippen molar-refractivity contribution in [1.82, 2.24) is 4.90 Å². The molecule has 0 bridgehead atoms. The van der Waals surface area contributed by atoms with Crippen molar-refractivity contribution in [2.45, 2.75) is 6.92 Å². The summed E-state index contributed by atoms with van der Waals surface area (Å²) in [6.45, 7) is 3.71. The van der Waals surface area contributed by atoms with Gasteiger partial charge in [-0.1, -0.05) is 6.07 Å². The third-order valence-corrected chi connectivity index (χ3v) is 5.06. The molecule has 1 aliphatic rings. The minimum atomic E-state index is -0.308. The summed E-state index contributed by atoms with van der Waals surface area (Å²) in [5, 5.41) is 0.409. The Balaban J connectivity index is 1.73. The lowest BCUT2D eigenvalue weighted by Crippen LogP contribution is -2.43. The Morgan fingerprint density at radius 1 is 1.10 bits per heavy atom. The maximum absolute atomic E-state index is 13.2. The number of ether oxygens (including phenoxy) is 3. The van der Waals surface area contributed by atoms with Gasteiger partial charge in [-0.3, -0.25) is 9.59 Å². The van der Waals surface area contributed by atoms with Crippen LogP contribution in [0.5, 0.6) is 11.5 Å². The fraction of sp³-hybridized carbons (Fsp3) is 0.304.